The molecule has 3 fully saturated rings. The van der Waals surface area contributed by atoms with Gasteiger partial charge in [-0.05, 0) is 145 Å². The van der Waals surface area contributed by atoms with Crippen molar-refractivity contribution in [3.63, 3.8) is 0 Å². The second kappa shape index (κ2) is 77.5. The van der Waals surface area contributed by atoms with Crippen LogP contribution in [-0.2, 0) is 61.9 Å². The van der Waals surface area contributed by atoms with Crippen molar-refractivity contribution >= 4 is 29.8 Å². The first-order valence-electron chi connectivity index (χ1n) is 52.0. The summed E-state index contributed by atoms with van der Waals surface area (Å²) in [6.07, 6.45) is 71.2. The Bertz CT molecular complexity index is 2320. The molecule has 3 aliphatic rings. The maximum atomic E-state index is 13.3. The van der Waals surface area contributed by atoms with Gasteiger partial charge in [-0.3, -0.25) is 33.8 Å². The molecule has 0 amide bonds. The average molecular weight is 1680 g/mol. The van der Waals surface area contributed by atoms with Gasteiger partial charge in [0.2, 0.25) is 0 Å². The maximum Gasteiger partial charge on any atom is 0.320 e. The molecule has 3 heterocycles. The number of likely N-dealkylation sites (N-methyl/N-ethyl adjacent to an activating group) is 1. The van der Waals surface area contributed by atoms with Crippen molar-refractivity contribution in [1.82, 2.24) is 14.7 Å². The van der Waals surface area contributed by atoms with Gasteiger partial charge in [-0.1, -0.05) is 331 Å². The highest BCUT2D eigenvalue weighted by molar-refractivity contribution is 5.72. The molecule has 0 saturated carbocycles. The zero-order valence-corrected chi connectivity index (χ0v) is 79.8. The molecule has 0 radical (unpaired) electrons. The van der Waals surface area contributed by atoms with Crippen LogP contribution < -0.4 is 0 Å². The number of hydrogen-bond acceptors (Lipinski definition) is 16. The van der Waals surface area contributed by atoms with E-state index >= 15 is 0 Å². The van der Waals surface area contributed by atoms with Crippen molar-refractivity contribution in [1.29, 1.82) is 0 Å². The van der Waals surface area contributed by atoms with Crippen LogP contribution in [0.5, 0.6) is 0 Å². The van der Waals surface area contributed by atoms with Gasteiger partial charge in [0.15, 0.2) is 5.79 Å². The second-order valence-corrected chi connectivity index (χ2v) is 37.9. The van der Waals surface area contributed by atoms with E-state index in [1.165, 1.54) is 193 Å². The fourth-order valence-electron chi connectivity index (χ4n) is 18.9. The number of nitrogens with zero attached hydrogens (tertiary/aromatic N) is 3. The van der Waals surface area contributed by atoms with Crippen LogP contribution in [0, 0.1) is 35.5 Å². The molecular weight excluding hydrogens is 1490 g/mol. The highest BCUT2D eigenvalue weighted by Crippen LogP contribution is 2.38. The van der Waals surface area contributed by atoms with Crippen LogP contribution >= 0.6 is 0 Å². The predicted molar refractivity (Wildman–Crippen MR) is 495 cm³/mol. The van der Waals surface area contributed by atoms with E-state index in [9.17, 15) is 24.0 Å². The molecule has 0 aromatic rings. The lowest BCUT2D eigenvalue weighted by atomic mass is 9.77. The van der Waals surface area contributed by atoms with Gasteiger partial charge in [-0.2, -0.15) is 0 Å². The van der Waals surface area contributed by atoms with Crippen molar-refractivity contribution in [3.05, 3.63) is 0 Å². The molecule has 0 aliphatic carbocycles. The largest absolute Gasteiger partial charge is 0.466 e. The number of unbranched alkanes of at least 4 members (excludes halogenated alkanes) is 30. The number of piperazine rings is 1. The van der Waals surface area contributed by atoms with Crippen molar-refractivity contribution in [2.45, 2.75) is 491 Å². The Balaban J connectivity index is 1.34. The van der Waals surface area contributed by atoms with Crippen molar-refractivity contribution in [2.75, 3.05) is 106 Å². The lowest BCUT2D eigenvalue weighted by Crippen LogP contribution is -2.46. The van der Waals surface area contributed by atoms with Crippen LogP contribution in [0.4, 0.5) is 0 Å². The molecule has 0 N–H and O–H groups in total. The zero-order chi connectivity index (χ0) is 86.0. The van der Waals surface area contributed by atoms with E-state index in [-0.39, 0.29) is 42.1 Å². The molecule has 7 atom stereocenters. The van der Waals surface area contributed by atoms with E-state index in [0.29, 0.717) is 101 Å². The lowest BCUT2D eigenvalue weighted by molar-refractivity contribution is -0.180. The predicted octanol–water partition coefficient (Wildman–Crippen LogP) is 27.0. The molecule has 16 heteroatoms. The smallest absolute Gasteiger partial charge is 0.320 e. The van der Waals surface area contributed by atoms with E-state index in [2.05, 4.69) is 77.1 Å². The average Bonchev–Trinajstić information content (AvgIpc) is 1.69. The van der Waals surface area contributed by atoms with E-state index < -0.39 is 5.79 Å². The Morgan fingerprint density at radius 3 is 1.10 bits per heavy atom. The summed E-state index contributed by atoms with van der Waals surface area (Å²) in [7, 11) is 2.14. The minimum atomic E-state index is -0.514. The Labute approximate surface area is 734 Å². The standard InChI is InChI=1S/C103H195N3O13/c1-10-17-37-54-91(55-38-18-11-2)68-81-113-98(107)63-45-31-25-23-29-43-61-96(118-102(111)88-106-77-75-104(9)76-78-106)62-44-30-24-26-32-46-64-101(110)116-84-71-94(59-42-22-15-6)87-95(52-16-7)90(8)53-51-60-93(58-41-21-14-5)70-83-115-100(109)66-48-34-28-36-50-73-103(117-89-97(119-103)67-74-105-79-85-112-86-80-105)72-49-35-27-33-47-65-99(108)114-82-69-92(56-39-19-12-3)57-40-20-13-4/h90-97H,10-89H2,1-9H3. The third-order valence-electron chi connectivity index (χ3n) is 27.0. The molecule has 3 saturated heterocycles. The van der Waals surface area contributed by atoms with Crippen LogP contribution in [0.2, 0.25) is 0 Å². The third kappa shape index (κ3) is 62.0. The summed E-state index contributed by atoms with van der Waals surface area (Å²) in [4.78, 5) is 71.9. The molecule has 3 rings (SSSR count). The SMILES string of the molecule is CCCCCC(CCCCC)CCOC(=O)CCCCCCCCC(CCCCCCCCC(=O)OCCC(CCCCC)CC(CCC)C(C)CCCC(CCCCC)CCOC(=O)CCCCCCCC1(CCCCCCCC(=O)OCCC(CCCCC)CCCCC)OCC(CCN2CCOCC2)O1)OC(=O)CN1CCN(C)CC1. The first kappa shape index (κ1) is 110. The number of rotatable bonds is 85. The first-order valence-corrected chi connectivity index (χ1v) is 52.0. The Morgan fingerprint density at radius 1 is 0.353 bits per heavy atom. The van der Waals surface area contributed by atoms with Gasteiger partial charge in [0.05, 0.1) is 58.9 Å². The highest BCUT2D eigenvalue weighted by atomic mass is 16.7. The second-order valence-electron chi connectivity index (χ2n) is 37.9. The first-order chi connectivity index (χ1) is 58.2. The topological polar surface area (TPSA) is 169 Å². The minimum Gasteiger partial charge on any atom is -0.466 e. The molecule has 3 aliphatic heterocycles. The molecule has 0 bridgehead atoms. The fraction of sp³-hybridized carbons (Fsp3) is 0.951. The quantitative estimate of drug-likeness (QED) is 0.0320. The van der Waals surface area contributed by atoms with E-state index in [0.717, 1.165) is 258 Å². The molecule has 0 aromatic carbocycles. The van der Waals surface area contributed by atoms with Crippen LogP contribution in [-0.4, -0.2) is 168 Å². The van der Waals surface area contributed by atoms with E-state index in [1.807, 2.05) is 0 Å². The van der Waals surface area contributed by atoms with Crippen LogP contribution in [0.1, 0.15) is 473 Å². The number of carbonyl (C=O) groups is 5. The third-order valence-corrected chi connectivity index (χ3v) is 27.0. The summed E-state index contributed by atoms with van der Waals surface area (Å²) < 4.78 is 48.8. The monoisotopic (exact) mass is 1680 g/mol. The summed E-state index contributed by atoms with van der Waals surface area (Å²) in [6, 6.07) is 0. The minimum absolute atomic E-state index is 0.0271. The number of ether oxygens (including phenoxy) is 8. The lowest BCUT2D eigenvalue weighted by Gasteiger charge is -2.32. The van der Waals surface area contributed by atoms with Crippen molar-refractivity contribution in [2.24, 2.45) is 35.5 Å². The molecule has 16 nitrogen and oxygen atoms in total. The fourth-order valence-corrected chi connectivity index (χ4v) is 18.9. The molecule has 119 heavy (non-hydrogen) atoms. The Kier molecular flexibility index (Phi) is 71.8. The van der Waals surface area contributed by atoms with E-state index in [1.54, 1.807) is 0 Å². The van der Waals surface area contributed by atoms with Gasteiger partial charge in [0.25, 0.3) is 0 Å². The number of hydrogen-bond donors (Lipinski definition) is 0. The van der Waals surface area contributed by atoms with Crippen molar-refractivity contribution in [3.8, 4) is 0 Å². The zero-order valence-electron chi connectivity index (χ0n) is 79.8. The summed E-state index contributed by atoms with van der Waals surface area (Å²) in [6.45, 7) is 30.1. The molecule has 0 spiro atoms. The summed E-state index contributed by atoms with van der Waals surface area (Å²) >= 11 is 0. The van der Waals surface area contributed by atoms with Gasteiger partial charge in [-0.25, -0.2) is 0 Å². The van der Waals surface area contributed by atoms with Gasteiger partial charge in [0.1, 0.15) is 6.10 Å². The number of morpholine rings is 1. The van der Waals surface area contributed by atoms with Gasteiger partial charge in [-0.15, -0.1) is 0 Å². The summed E-state index contributed by atoms with van der Waals surface area (Å²) in [5, 5.41) is 0. The van der Waals surface area contributed by atoms with Crippen LogP contribution in [0.3, 0.4) is 0 Å². The summed E-state index contributed by atoms with van der Waals surface area (Å²) in [5.41, 5.74) is 0. The number of esters is 5. The van der Waals surface area contributed by atoms with Gasteiger partial charge < -0.3 is 42.8 Å². The normalized spacial score (nSPS) is 17.6. The number of carbonyl (C=O) groups excluding carboxylic acids is 5. The molecule has 7 unspecified atom stereocenters. The molecular formula is C103H195N3O13. The Morgan fingerprint density at radius 2 is 0.706 bits per heavy atom. The van der Waals surface area contributed by atoms with Crippen molar-refractivity contribution < 1.29 is 61.9 Å². The van der Waals surface area contributed by atoms with E-state index in [4.69, 9.17) is 37.9 Å². The maximum absolute atomic E-state index is 13.3. The Hall–Kier alpha value is -2.89. The van der Waals surface area contributed by atoms with Crippen LogP contribution in [0.15, 0.2) is 0 Å². The van der Waals surface area contributed by atoms with Crippen LogP contribution in [0.25, 0.3) is 0 Å². The van der Waals surface area contributed by atoms with Gasteiger partial charge in [0, 0.05) is 84.3 Å². The molecule has 0 aromatic heterocycles. The van der Waals surface area contributed by atoms with Gasteiger partial charge >= 0.3 is 29.8 Å². The summed E-state index contributed by atoms with van der Waals surface area (Å²) in [5.74, 6) is 3.10. The highest BCUT2D eigenvalue weighted by Gasteiger charge is 2.41. The molecule has 700 valence electrons.